The van der Waals surface area contributed by atoms with Crippen LogP contribution in [-0.2, 0) is 31.9 Å². The van der Waals surface area contributed by atoms with Crippen molar-refractivity contribution in [3.05, 3.63) is 0 Å². The van der Waals surface area contributed by atoms with E-state index in [2.05, 4.69) is 4.67 Å². The Kier molecular flexibility index (Phi) is 9.36. The fourth-order valence-electron chi connectivity index (χ4n) is 1.28. The number of nitrogens with zero attached hydrogens (tertiary/aromatic N) is 1. The quantitative estimate of drug-likeness (QED) is 0.137. The van der Waals surface area contributed by atoms with Gasteiger partial charge in [-0.25, -0.2) is 9.45 Å². The van der Waals surface area contributed by atoms with Crippen LogP contribution in [0.5, 0.6) is 0 Å². The van der Waals surface area contributed by atoms with Crippen molar-refractivity contribution in [1.82, 2.24) is 0 Å². The molecule has 9 nitrogen and oxygen atoms in total. The highest BCUT2D eigenvalue weighted by Crippen LogP contribution is 2.43. The molecule has 0 aromatic carbocycles. The van der Waals surface area contributed by atoms with Crippen molar-refractivity contribution in [2.75, 3.05) is 62.2 Å². The van der Waals surface area contributed by atoms with Crippen LogP contribution in [0.25, 0.3) is 0 Å². The Balaban J connectivity index is 4.02. The summed E-state index contributed by atoms with van der Waals surface area (Å²) in [6.07, 6.45) is 0. The van der Waals surface area contributed by atoms with Crippen LogP contribution >= 0.6 is 7.82 Å². The normalized spacial score (nSPS) is 16.0. The summed E-state index contributed by atoms with van der Waals surface area (Å²) in [7, 11) is 3.19. The second-order valence-electron chi connectivity index (χ2n) is 5.26. The molecular weight excluding hydrogens is 321 g/mol. The first kappa shape index (κ1) is 21.1. The van der Waals surface area contributed by atoms with E-state index in [0.717, 1.165) is 0 Å². The van der Waals surface area contributed by atoms with Crippen molar-refractivity contribution in [2.45, 2.75) is 6.04 Å². The molecule has 0 radical (unpaired) electrons. The van der Waals surface area contributed by atoms with Gasteiger partial charge in [-0.05, 0) is 0 Å². The third kappa shape index (κ3) is 9.69. The van der Waals surface area contributed by atoms with Gasteiger partial charge in [0.15, 0.2) is 0 Å². The summed E-state index contributed by atoms with van der Waals surface area (Å²) in [6, 6.07) is 0.273. The van der Waals surface area contributed by atoms with Crippen molar-refractivity contribution in [3.63, 3.8) is 0 Å². The molecule has 0 saturated heterocycles. The van der Waals surface area contributed by atoms with Crippen LogP contribution in [0.15, 0.2) is 0 Å². The van der Waals surface area contributed by atoms with Crippen LogP contribution in [0.4, 0.5) is 0 Å². The largest absolute Gasteiger partial charge is 0.502 e. The maximum absolute atomic E-state index is 11.5. The molecular formula is C10H27NO8PSi+. The van der Waals surface area contributed by atoms with E-state index in [4.69, 9.17) is 22.7 Å². The summed E-state index contributed by atoms with van der Waals surface area (Å²) in [4.78, 5) is 14.1. The summed E-state index contributed by atoms with van der Waals surface area (Å²) in [5, 5.41) is 0. The molecule has 0 saturated carbocycles. The standard InChI is InChI=1S/C10H26NO8PSi/c1-11(2,3)7-8-18-20(12,13)19-17-9-10-21(14-4,15-5)16-6/h7-10H2,1-6H3/p+1. The minimum Gasteiger partial charge on any atom is -0.377 e. The fraction of sp³-hybridized carbons (Fsp3) is 1.00. The lowest BCUT2D eigenvalue weighted by Crippen LogP contribution is -2.43. The van der Waals surface area contributed by atoms with E-state index in [1.807, 2.05) is 21.1 Å². The number of quaternary nitrogens is 1. The number of rotatable bonds is 12. The van der Waals surface area contributed by atoms with Gasteiger partial charge in [-0.2, -0.15) is 0 Å². The van der Waals surface area contributed by atoms with E-state index in [1.54, 1.807) is 0 Å². The van der Waals surface area contributed by atoms with Gasteiger partial charge in [0.1, 0.15) is 13.2 Å². The maximum Gasteiger partial charge on any atom is 0.502 e. The Morgan fingerprint density at radius 3 is 2.00 bits per heavy atom. The number of hydrogen-bond acceptors (Lipinski definition) is 7. The Bertz CT molecular complexity index is 325. The molecule has 0 spiro atoms. The molecule has 0 aliphatic carbocycles. The minimum absolute atomic E-state index is 0.0228. The predicted molar refractivity (Wildman–Crippen MR) is 77.3 cm³/mol. The molecule has 0 aliphatic rings. The summed E-state index contributed by atoms with van der Waals surface area (Å²) in [5.41, 5.74) is 0. The molecule has 1 atom stereocenters. The second-order valence-corrected chi connectivity index (χ2v) is 9.69. The Hall–Kier alpha value is 0.127. The van der Waals surface area contributed by atoms with E-state index in [9.17, 15) is 9.46 Å². The third-order valence-electron chi connectivity index (χ3n) is 2.59. The Morgan fingerprint density at radius 1 is 1.05 bits per heavy atom. The van der Waals surface area contributed by atoms with Gasteiger partial charge in [0, 0.05) is 27.4 Å². The smallest absolute Gasteiger partial charge is 0.377 e. The van der Waals surface area contributed by atoms with Crippen LogP contribution in [0.2, 0.25) is 6.04 Å². The number of hydrogen-bond donors (Lipinski definition) is 1. The Morgan fingerprint density at radius 2 is 1.57 bits per heavy atom. The van der Waals surface area contributed by atoms with Crippen LogP contribution in [0.3, 0.4) is 0 Å². The van der Waals surface area contributed by atoms with E-state index >= 15 is 0 Å². The van der Waals surface area contributed by atoms with Crippen LogP contribution in [-0.4, -0.2) is 80.4 Å². The molecule has 0 aliphatic heterocycles. The third-order valence-corrected chi connectivity index (χ3v) is 6.07. The fourth-order valence-corrected chi connectivity index (χ4v) is 3.29. The minimum atomic E-state index is -4.23. The van der Waals surface area contributed by atoms with E-state index in [-0.39, 0.29) is 19.3 Å². The highest BCUT2D eigenvalue weighted by atomic mass is 31.2. The molecule has 0 bridgehead atoms. The summed E-state index contributed by atoms with van der Waals surface area (Å²) in [6.45, 7) is 0.611. The number of likely N-dealkylation sites (N-methyl/N-ethyl adjacent to an activating group) is 1. The predicted octanol–water partition coefficient (Wildman–Crippen LogP) is 0.636. The van der Waals surface area contributed by atoms with E-state index in [0.29, 0.717) is 11.0 Å². The van der Waals surface area contributed by atoms with Gasteiger partial charge in [-0.15, -0.1) is 4.67 Å². The molecule has 11 heteroatoms. The molecule has 1 N–H and O–H groups in total. The van der Waals surface area contributed by atoms with Crippen molar-refractivity contribution in [2.24, 2.45) is 0 Å². The second kappa shape index (κ2) is 9.31. The van der Waals surface area contributed by atoms with Crippen LogP contribution in [0.1, 0.15) is 0 Å². The maximum atomic E-state index is 11.5. The van der Waals surface area contributed by atoms with Crippen LogP contribution in [0, 0.1) is 0 Å². The first-order valence-corrected chi connectivity index (χ1v) is 9.77. The van der Waals surface area contributed by atoms with Gasteiger partial charge in [0.25, 0.3) is 0 Å². The van der Waals surface area contributed by atoms with Crippen molar-refractivity contribution in [3.8, 4) is 0 Å². The summed E-state index contributed by atoms with van der Waals surface area (Å²) < 4.78 is 36.8. The van der Waals surface area contributed by atoms with Gasteiger partial charge >= 0.3 is 16.6 Å². The van der Waals surface area contributed by atoms with Gasteiger partial charge in [-0.3, -0.25) is 4.52 Å². The SMILES string of the molecule is CO[Si](CCOOP(=O)(O)OCC[N+](C)(C)C)(OC)OC. The Labute approximate surface area is 127 Å². The zero-order chi connectivity index (χ0) is 16.6. The first-order chi connectivity index (χ1) is 9.60. The molecule has 0 aromatic rings. The van der Waals surface area contributed by atoms with Gasteiger partial charge in [0.05, 0.1) is 27.7 Å². The van der Waals surface area contributed by atoms with Crippen molar-refractivity contribution in [1.29, 1.82) is 0 Å². The zero-order valence-corrected chi connectivity index (χ0v) is 15.4. The molecule has 21 heavy (non-hydrogen) atoms. The van der Waals surface area contributed by atoms with E-state index < -0.39 is 16.6 Å². The van der Waals surface area contributed by atoms with Crippen molar-refractivity contribution >= 4 is 16.6 Å². The highest BCUT2D eigenvalue weighted by Gasteiger charge is 2.38. The average molecular weight is 348 g/mol. The van der Waals surface area contributed by atoms with Gasteiger partial charge in [0.2, 0.25) is 0 Å². The van der Waals surface area contributed by atoms with Gasteiger partial charge in [-0.1, -0.05) is 0 Å². The topological polar surface area (TPSA) is 92.7 Å². The molecule has 128 valence electrons. The summed E-state index contributed by atoms with van der Waals surface area (Å²) >= 11 is 0. The lowest BCUT2D eigenvalue weighted by Gasteiger charge is -2.24. The summed E-state index contributed by atoms with van der Waals surface area (Å²) in [5.74, 6) is 0. The molecule has 1 unspecified atom stereocenters. The van der Waals surface area contributed by atoms with Gasteiger partial charge < -0.3 is 22.7 Å². The molecule has 0 amide bonds. The lowest BCUT2D eigenvalue weighted by molar-refractivity contribution is -0.870. The average Bonchev–Trinajstić information content (AvgIpc) is 2.38. The lowest BCUT2D eigenvalue weighted by atomic mass is 10.5. The molecule has 0 fully saturated rings. The number of phosphoric ester groups is 1. The molecule has 0 rings (SSSR count). The highest BCUT2D eigenvalue weighted by molar-refractivity contribution is 7.47. The number of phosphoric acid groups is 1. The first-order valence-electron chi connectivity index (χ1n) is 6.34. The van der Waals surface area contributed by atoms with Crippen molar-refractivity contribution < 1.29 is 41.3 Å². The van der Waals surface area contributed by atoms with E-state index in [1.165, 1.54) is 21.3 Å². The monoisotopic (exact) mass is 348 g/mol. The zero-order valence-electron chi connectivity index (χ0n) is 13.5. The molecule has 0 aromatic heterocycles. The van der Waals surface area contributed by atoms with Crippen LogP contribution < -0.4 is 0 Å². The molecule has 0 heterocycles.